The number of halogens is 1. The summed E-state index contributed by atoms with van der Waals surface area (Å²) in [4.78, 5) is 12.4. The molecule has 2 aromatic carbocycles. The van der Waals surface area contributed by atoms with E-state index in [0.717, 1.165) is 4.31 Å². The van der Waals surface area contributed by atoms with E-state index in [1.807, 2.05) is 0 Å². The number of sulfonamides is 1. The molecule has 2 aromatic rings. The highest BCUT2D eigenvalue weighted by Crippen LogP contribution is 2.17. The Morgan fingerprint density at radius 1 is 1.19 bits per heavy atom. The number of carbonyl (C=O) groups excluding carboxylic acids is 1. The zero-order chi connectivity index (χ0) is 19.3. The van der Waals surface area contributed by atoms with Crippen molar-refractivity contribution in [2.45, 2.75) is 11.0 Å². The molecule has 0 heterocycles. The van der Waals surface area contributed by atoms with Gasteiger partial charge in [-0.2, -0.15) is 0 Å². The van der Waals surface area contributed by atoms with Crippen LogP contribution in [0.25, 0.3) is 0 Å². The second-order valence-corrected chi connectivity index (χ2v) is 7.95. The third kappa shape index (κ3) is 4.66. The minimum absolute atomic E-state index is 0.105. The van der Waals surface area contributed by atoms with Gasteiger partial charge in [-0.1, -0.05) is 12.1 Å². The molecule has 0 fully saturated rings. The first-order chi connectivity index (χ1) is 12.3. The molecular weight excluding hydrogens is 359 g/mol. The Kier molecular flexibility index (Phi) is 6.47. The molecular formula is C18H21FN2O4S. The molecule has 0 bridgehead atoms. The summed E-state index contributed by atoms with van der Waals surface area (Å²) in [5, 5.41) is 2.70. The van der Waals surface area contributed by atoms with Crippen LogP contribution in [-0.2, 0) is 14.8 Å². The van der Waals surface area contributed by atoms with Gasteiger partial charge in [-0.05, 0) is 42.0 Å². The molecule has 0 spiro atoms. The van der Waals surface area contributed by atoms with Crippen molar-refractivity contribution >= 4 is 15.9 Å². The van der Waals surface area contributed by atoms with E-state index in [1.165, 1.54) is 57.6 Å². The van der Waals surface area contributed by atoms with Crippen molar-refractivity contribution in [1.29, 1.82) is 0 Å². The van der Waals surface area contributed by atoms with Crippen LogP contribution in [0, 0.1) is 5.82 Å². The molecule has 2 rings (SSSR count). The summed E-state index contributed by atoms with van der Waals surface area (Å²) < 4.78 is 43.8. The highest BCUT2D eigenvalue weighted by Gasteiger charge is 2.18. The quantitative estimate of drug-likeness (QED) is 0.799. The lowest BCUT2D eigenvalue weighted by Gasteiger charge is -2.17. The molecule has 0 radical (unpaired) electrons. The number of rotatable bonds is 7. The first kappa shape index (κ1) is 20.0. The van der Waals surface area contributed by atoms with Crippen LogP contribution in [0.1, 0.15) is 22.0 Å². The lowest BCUT2D eigenvalue weighted by atomic mass is 10.1. The average molecular weight is 380 g/mol. The molecule has 1 unspecified atom stereocenters. The van der Waals surface area contributed by atoms with E-state index >= 15 is 0 Å². The number of hydrogen-bond donors (Lipinski definition) is 1. The fraction of sp³-hybridized carbons (Fsp3) is 0.278. The Bertz CT molecular complexity index is 867. The molecule has 1 amide bonds. The maximum Gasteiger partial charge on any atom is 0.251 e. The zero-order valence-corrected chi connectivity index (χ0v) is 15.6. The number of nitrogens with zero attached hydrogens (tertiary/aromatic N) is 1. The number of nitrogens with one attached hydrogen (secondary N) is 1. The molecule has 0 saturated carbocycles. The van der Waals surface area contributed by atoms with Gasteiger partial charge in [0.2, 0.25) is 10.0 Å². The van der Waals surface area contributed by atoms with Crippen molar-refractivity contribution in [2.24, 2.45) is 0 Å². The van der Waals surface area contributed by atoms with Crippen LogP contribution in [0.5, 0.6) is 0 Å². The van der Waals surface area contributed by atoms with Gasteiger partial charge in [0.1, 0.15) is 5.82 Å². The smallest absolute Gasteiger partial charge is 0.251 e. The highest BCUT2D eigenvalue weighted by molar-refractivity contribution is 7.89. The average Bonchev–Trinajstić information content (AvgIpc) is 2.62. The maximum atomic E-state index is 13.3. The van der Waals surface area contributed by atoms with Crippen LogP contribution in [0.4, 0.5) is 4.39 Å². The Morgan fingerprint density at radius 3 is 2.38 bits per heavy atom. The van der Waals surface area contributed by atoms with E-state index in [-0.39, 0.29) is 23.2 Å². The molecule has 0 aromatic heterocycles. The molecule has 8 heteroatoms. The van der Waals surface area contributed by atoms with Crippen LogP contribution in [0.15, 0.2) is 53.4 Å². The number of carbonyl (C=O) groups is 1. The fourth-order valence-electron chi connectivity index (χ4n) is 2.32. The molecule has 0 aliphatic rings. The summed E-state index contributed by atoms with van der Waals surface area (Å²) in [6, 6.07) is 11.6. The summed E-state index contributed by atoms with van der Waals surface area (Å²) in [5.74, 6) is -0.758. The third-order valence-electron chi connectivity index (χ3n) is 3.85. The van der Waals surface area contributed by atoms with E-state index in [9.17, 15) is 17.6 Å². The van der Waals surface area contributed by atoms with Gasteiger partial charge >= 0.3 is 0 Å². The van der Waals surface area contributed by atoms with Crippen molar-refractivity contribution in [1.82, 2.24) is 9.62 Å². The minimum Gasteiger partial charge on any atom is -0.375 e. The molecule has 140 valence electrons. The predicted molar refractivity (Wildman–Crippen MR) is 95.8 cm³/mol. The van der Waals surface area contributed by atoms with Crippen molar-refractivity contribution in [2.75, 3.05) is 27.7 Å². The van der Waals surface area contributed by atoms with E-state index < -0.39 is 16.1 Å². The Morgan fingerprint density at radius 2 is 1.85 bits per heavy atom. The van der Waals surface area contributed by atoms with E-state index in [2.05, 4.69) is 5.32 Å². The molecule has 1 N–H and O–H groups in total. The summed E-state index contributed by atoms with van der Waals surface area (Å²) in [5.41, 5.74) is 0.928. The first-order valence-electron chi connectivity index (χ1n) is 7.84. The first-order valence-corrected chi connectivity index (χ1v) is 9.28. The molecule has 1 atom stereocenters. The van der Waals surface area contributed by atoms with Crippen LogP contribution in [0.2, 0.25) is 0 Å². The molecule has 0 aliphatic carbocycles. The summed E-state index contributed by atoms with van der Waals surface area (Å²) in [7, 11) is 0.807. The van der Waals surface area contributed by atoms with Gasteiger partial charge in [-0.25, -0.2) is 17.1 Å². The van der Waals surface area contributed by atoms with Crippen molar-refractivity contribution in [3.8, 4) is 0 Å². The second kappa shape index (κ2) is 8.39. The van der Waals surface area contributed by atoms with Gasteiger partial charge in [0, 0.05) is 33.3 Å². The van der Waals surface area contributed by atoms with Gasteiger partial charge in [0.05, 0.1) is 11.0 Å². The summed E-state index contributed by atoms with van der Waals surface area (Å²) >= 11 is 0. The van der Waals surface area contributed by atoms with Gasteiger partial charge in [-0.3, -0.25) is 4.79 Å². The second-order valence-electron chi connectivity index (χ2n) is 5.80. The number of amides is 1. The van der Waals surface area contributed by atoms with Crippen molar-refractivity contribution in [3.63, 3.8) is 0 Å². The Labute approximate surface area is 152 Å². The zero-order valence-electron chi connectivity index (χ0n) is 14.8. The van der Waals surface area contributed by atoms with Gasteiger partial charge in [0.15, 0.2) is 0 Å². The van der Waals surface area contributed by atoms with Gasteiger partial charge in [-0.15, -0.1) is 0 Å². The monoisotopic (exact) mass is 380 g/mol. The number of benzene rings is 2. The molecule has 0 saturated heterocycles. The number of hydrogen-bond acceptors (Lipinski definition) is 4. The Balaban J connectivity index is 2.05. The normalized spacial score (nSPS) is 12.8. The number of methoxy groups -OCH3 is 1. The lowest BCUT2D eigenvalue weighted by molar-refractivity contribution is 0.0827. The van der Waals surface area contributed by atoms with E-state index in [4.69, 9.17) is 4.74 Å². The van der Waals surface area contributed by atoms with E-state index in [1.54, 1.807) is 12.1 Å². The van der Waals surface area contributed by atoms with Crippen LogP contribution in [0.3, 0.4) is 0 Å². The van der Waals surface area contributed by atoms with E-state index in [0.29, 0.717) is 11.1 Å². The molecule has 26 heavy (non-hydrogen) atoms. The van der Waals surface area contributed by atoms with Crippen molar-refractivity contribution < 1.29 is 22.3 Å². The molecule has 6 nitrogen and oxygen atoms in total. The molecule has 0 aliphatic heterocycles. The SMILES string of the molecule is COC(CNC(=O)c1ccc(S(=O)(=O)N(C)C)cc1)c1cccc(F)c1. The predicted octanol–water partition coefficient (Wildman–Crippen LogP) is 2.19. The standard InChI is InChI=1S/C18H21FN2O4S/c1-21(2)26(23,24)16-9-7-13(8-10-16)18(22)20-12-17(25-3)14-5-4-6-15(19)11-14/h4-11,17H,12H2,1-3H3,(H,20,22). The van der Waals surface area contributed by atoms with Gasteiger partial charge in [0.25, 0.3) is 5.91 Å². The highest BCUT2D eigenvalue weighted by atomic mass is 32.2. The summed E-state index contributed by atoms with van der Waals surface area (Å²) in [6.07, 6.45) is -0.497. The maximum absolute atomic E-state index is 13.3. The topological polar surface area (TPSA) is 75.7 Å². The number of ether oxygens (including phenoxy) is 1. The third-order valence-corrected chi connectivity index (χ3v) is 5.68. The van der Waals surface area contributed by atoms with Crippen molar-refractivity contribution in [3.05, 3.63) is 65.5 Å². The summed E-state index contributed by atoms with van der Waals surface area (Å²) in [6.45, 7) is 0.149. The Hall–Kier alpha value is -2.29. The largest absolute Gasteiger partial charge is 0.375 e. The minimum atomic E-state index is -3.54. The van der Waals surface area contributed by atoms with Crippen LogP contribution in [-0.4, -0.2) is 46.4 Å². The van der Waals surface area contributed by atoms with Gasteiger partial charge < -0.3 is 10.1 Å². The fourth-order valence-corrected chi connectivity index (χ4v) is 3.22. The van der Waals surface area contributed by atoms with Crippen LogP contribution < -0.4 is 5.32 Å². The van der Waals surface area contributed by atoms with Crippen LogP contribution >= 0.6 is 0 Å². The lowest BCUT2D eigenvalue weighted by Crippen LogP contribution is -2.29.